The molecule has 2 aromatic carbocycles. The number of nitrogens with one attached hydrogen (secondary N) is 1. The Kier molecular flexibility index (Phi) is 4.98. The van der Waals surface area contributed by atoms with Crippen molar-refractivity contribution in [3.8, 4) is 0 Å². The highest BCUT2D eigenvalue weighted by molar-refractivity contribution is 9.10. The lowest BCUT2D eigenvalue weighted by atomic mass is 10.1. The van der Waals surface area contributed by atoms with Crippen LogP contribution in [0.3, 0.4) is 0 Å². The van der Waals surface area contributed by atoms with Crippen molar-refractivity contribution in [1.82, 2.24) is 0 Å². The van der Waals surface area contributed by atoms with Gasteiger partial charge in [-0.05, 0) is 46.3 Å². The first-order valence-corrected chi connectivity index (χ1v) is 7.45. The van der Waals surface area contributed by atoms with E-state index < -0.39 is 0 Å². The van der Waals surface area contributed by atoms with Crippen LogP contribution >= 0.6 is 31.9 Å². The SMILES string of the molecule is N/C(=N/O)c1ccc(Br)cc1NC(=O)c1ccccc1Br. The molecule has 0 unspecified atom stereocenters. The quantitative estimate of drug-likeness (QED) is 0.311. The molecule has 4 N–H and O–H groups in total. The number of nitrogens with zero attached hydrogens (tertiary/aromatic N) is 1. The zero-order valence-electron chi connectivity index (χ0n) is 10.7. The molecule has 108 valence electrons. The molecule has 0 bridgehead atoms. The number of nitrogens with two attached hydrogens (primary N) is 1. The Morgan fingerprint density at radius 2 is 1.86 bits per heavy atom. The van der Waals surface area contributed by atoms with Gasteiger partial charge in [-0.2, -0.15) is 0 Å². The van der Waals surface area contributed by atoms with E-state index in [1.54, 1.807) is 36.4 Å². The number of oxime groups is 1. The second-order valence-corrected chi connectivity index (χ2v) is 5.88. The Balaban J connectivity index is 2.37. The van der Waals surface area contributed by atoms with Crippen LogP contribution in [0.5, 0.6) is 0 Å². The van der Waals surface area contributed by atoms with Gasteiger partial charge in [0.1, 0.15) is 0 Å². The van der Waals surface area contributed by atoms with Crippen molar-refractivity contribution in [2.45, 2.75) is 0 Å². The maximum absolute atomic E-state index is 12.3. The van der Waals surface area contributed by atoms with Gasteiger partial charge >= 0.3 is 0 Å². The summed E-state index contributed by atoms with van der Waals surface area (Å²) in [4.78, 5) is 12.3. The molecule has 0 spiro atoms. The van der Waals surface area contributed by atoms with Crippen LogP contribution in [0.4, 0.5) is 5.69 Å². The van der Waals surface area contributed by atoms with Gasteiger partial charge in [-0.15, -0.1) is 0 Å². The van der Waals surface area contributed by atoms with E-state index in [0.717, 1.165) is 4.47 Å². The van der Waals surface area contributed by atoms with Crippen LogP contribution in [0.25, 0.3) is 0 Å². The third-order valence-electron chi connectivity index (χ3n) is 2.73. The molecule has 0 saturated carbocycles. The minimum absolute atomic E-state index is 0.0788. The molecule has 2 rings (SSSR count). The number of rotatable bonds is 3. The molecule has 5 nitrogen and oxygen atoms in total. The number of hydrogen-bond donors (Lipinski definition) is 3. The van der Waals surface area contributed by atoms with Crippen molar-refractivity contribution in [2.75, 3.05) is 5.32 Å². The third kappa shape index (κ3) is 3.62. The normalized spacial score (nSPS) is 11.2. The van der Waals surface area contributed by atoms with Crippen LogP contribution < -0.4 is 11.1 Å². The van der Waals surface area contributed by atoms with Gasteiger partial charge < -0.3 is 16.3 Å². The summed E-state index contributed by atoms with van der Waals surface area (Å²) in [5.41, 5.74) is 6.98. The lowest BCUT2D eigenvalue weighted by Gasteiger charge is -2.11. The van der Waals surface area contributed by atoms with Gasteiger partial charge in [-0.25, -0.2) is 0 Å². The fourth-order valence-corrected chi connectivity index (χ4v) is 2.56. The number of amides is 1. The van der Waals surface area contributed by atoms with E-state index in [1.807, 2.05) is 6.07 Å². The summed E-state index contributed by atoms with van der Waals surface area (Å²) in [6.45, 7) is 0. The zero-order valence-corrected chi connectivity index (χ0v) is 13.8. The van der Waals surface area contributed by atoms with Crippen molar-refractivity contribution in [3.05, 3.63) is 62.5 Å². The summed E-state index contributed by atoms with van der Waals surface area (Å²) in [6.07, 6.45) is 0. The number of amidine groups is 1. The Hall–Kier alpha value is -1.86. The number of carbonyl (C=O) groups excluding carboxylic acids is 1. The van der Waals surface area contributed by atoms with Gasteiger partial charge in [-0.1, -0.05) is 33.2 Å². The largest absolute Gasteiger partial charge is 0.409 e. The van der Waals surface area contributed by atoms with Gasteiger partial charge in [-0.3, -0.25) is 4.79 Å². The number of halogens is 2. The lowest BCUT2D eigenvalue weighted by Crippen LogP contribution is -2.19. The van der Waals surface area contributed by atoms with Crippen LogP contribution in [-0.4, -0.2) is 17.0 Å². The lowest BCUT2D eigenvalue weighted by molar-refractivity contribution is 0.102. The second kappa shape index (κ2) is 6.73. The molecule has 0 aliphatic rings. The summed E-state index contributed by atoms with van der Waals surface area (Å²) in [7, 11) is 0. The van der Waals surface area contributed by atoms with Crippen LogP contribution in [0, 0.1) is 0 Å². The van der Waals surface area contributed by atoms with E-state index in [2.05, 4.69) is 42.3 Å². The predicted molar refractivity (Wildman–Crippen MR) is 88.7 cm³/mol. The molecule has 0 aliphatic carbocycles. The maximum atomic E-state index is 12.3. The molecule has 1 amide bonds. The number of benzene rings is 2. The van der Waals surface area contributed by atoms with E-state index in [9.17, 15) is 4.79 Å². The van der Waals surface area contributed by atoms with Crippen molar-refractivity contribution in [3.63, 3.8) is 0 Å². The molecule has 0 aliphatic heterocycles. The van der Waals surface area contributed by atoms with Crippen LogP contribution in [-0.2, 0) is 0 Å². The summed E-state index contributed by atoms with van der Waals surface area (Å²) in [6, 6.07) is 12.1. The number of hydrogen-bond acceptors (Lipinski definition) is 3. The Morgan fingerprint density at radius 1 is 1.14 bits per heavy atom. The molecule has 2 aromatic rings. The second-order valence-electron chi connectivity index (χ2n) is 4.11. The first-order valence-electron chi connectivity index (χ1n) is 5.86. The minimum Gasteiger partial charge on any atom is -0.409 e. The highest BCUT2D eigenvalue weighted by Gasteiger charge is 2.14. The van der Waals surface area contributed by atoms with E-state index in [0.29, 0.717) is 21.3 Å². The molecule has 0 fully saturated rings. The van der Waals surface area contributed by atoms with Gasteiger partial charge in [0, 0.05) is 14.5 Å². The molecular formula is C14H11Br2N3O2. The summed E-state index contributed by atoms with van der Waals surface area (Å²) in [5, 5.41) is 14.5. The van der Waals surface area contributed by atoms with Crippen molar-refractivity contribution >= 4 is 49.3 Å². The molecule has 0 saturated heterocycles. The van der Waals surface area contributed by atoms with Crippen LogP contribution in [0.2, 0.25) is 0 Å². The van der Waals surface area contributed by atoms with Gasteiger partial charge in [0.2, 0.25) is 0 Å². The van der Waals surface area contributed by atoms with E-state index in [1.165, 1.54) is 0 Å². The molecule has 0 radical (unpaired) electrons. The Labute approximate surface area is 138 Å². The fraction of sp³-hybridized carbons (Fsp3) is 0. The van der Waals surface area contributed by atoms with Crippen molar-refractivity contribution in [1.29, 1.82) is 0 Å². The van der Waals surface area contributed by atoms with E-state index in [4.69, 9.17) is 10.9 Å². The smallest absolute Gasteiger partial charge is 0.256 e. The van der Waals surface area contributed by atoms with Crippen LogP contribution in [0.15, 0.2) is 56.6 Å². The molecular weight excluding hydrogens is 402 g/mol. The van der Waals surface area contributed by atoms with Crippen molar-refractivity contribution < 1.29 is 10.0 Å². The van der Waals surface area contributed by atoms with Gasteiger partial charge in [0.15, 0.2) is 5.84 Å². The third-order valence-corrected chi connectivity index (χ3v) is 3.92. The average molecular weight is 413 g/mol. The average Bonchev–Trinajstić information content (AvgIpc) is 2.47. The zero-order chi connectivity index (χ0) is 15.4. The topological polar surface area (TPSA) is 87.7 Å². The van der Waals surface area contributed by atoms with Gasteiger partial charge in [0.05, 0.1) is 11.3 Å². The first-order chi connectivity index (χ1) is 10.0. The predicted octanol–water partition coefficient (Wildman–Crippen LogP) is 3.56. The maximum Gasteiger partial charge on any atom is 0.256 e. The monoisotopic (exact) mass is 411 g/mol. The Bertz CT molecular complexity index is 717. The number of anilines is 1. The molecule has 21 heavy (non-hydrogen) atoms. The van der Waals surface area contributed by atoms with Crippen LogP contribution in [0.1, 0.15) is 15.9 Å². The molecule has 0 heterocycles. The summed E-state index contributed by atoms with van der Waals surface area (Å²) in [5.74, 6) is -0.377. The van der Waals surface area contributed by atoms with E-state index >= 15 is 0 Å². The molecule has 0 atom stereocenters. The molecule has 0 aromatic heterocycles. The minimum atomic E-state index is -0.299. The highest BCUT2D eigenvalue weighted by atomic mass is 79.9. The van der Waals surface area contributed by atoms with E-state index in [-0.39, 0.29) is 11.7 Å². The van der Waals surface area contributed by atoms with Crippen molar-refractivity contribution in [2.24, 2.45) is 10.9 Å². The highest BCUT2D eigenvalue weighted by Crippen LogP contribution is 2.23. The Morgan fingerprint density at radius 3 is 2.52 bits per heavy atom. The fourth-order valence-electron chi connectivity index (χ4n) is 1.73. The molecule has 7 heteroatoms. The summed E-state index contributed by atoms with van der Waals surface area (Å²) < 4.78 is 1.45. The first kappa shape index (κ1) is 15.5. The van der Waals surface area contributed by atoms with Gasteiger partial charge in [0.25, 0.3) is 5.91 Å². The summed E-state index contributed by atoms with van der Waals surface area (Å²) >= 11 is 6.65. The number of carbonyl (C=O) groups is 1. The standard InChI is InChI=1S/C14H11Br2N3O2/c15-8-5-6-10(13(17)19-21)12(7-8)18-14(20)9-3-1-2-4-11(9)16/h1-7,21H,(H2,17,19)(H,18,20).